The molecule has 0 atom stereocenters. The summed E-state index contributed by atoms with van der Waals surface area (Å²) in [4.78, 5) is 2.13. The fourth-order valence-corrected chi connectivity index (χ4v) is 3.39. The third-order valence-electron chi connectivity index (χ3n) is 4.35. The Bertz CT molecular complexity index is 936. The van der Waals surface area contributed by atoms with Crippen LogP contribution in [0, 0.1) is 0 Å². The summed E-state index contributed by atoms with van der Waals surface area (Å²) in [6, 6.07) is 25.4. The van der Waals surface area contributed by atoms with Crippen molar-refractivity contribution < 1.29 is 13.8 Å². The molecule has 0 fully saturated rings. The van der Waals surface area contributed by atoms with E-state index in [0.717, 1.165) is 28.1 Å². The van der Waals surface area contributed by atoms with Crippen molar-refractivity contribution in [3.05, 3.63) is 95.9 Å². The lowest BCUT2D eigenvalue weighted by molar-refractivity contribution is 0.244. The summed E-state index contributed by atoms with van der Waals surface area (Å²) in [5.41, 5.74) is 4.76. The van der Waals surface area contributed by atoms with Crippen LogP contribution in [0.2, 0.25) is 0 Å². The van der Waals surface area contributed by atoms with Gasteiger partial charge in [0, 0.05) is 29.5 Å². The molecule has 0 unspecified atom stereocenters. The molecule has 5 heteroatoms. The Morgan fingerprint density at radius 3 is 1.92 bits per heavy atom. The van der Waals surface area contributed by atoms with Crippen molar-refractivity contribution >= 4 is 25.6 Å². The standard InChI is InChI=1S/C21H16NO3P/c1-22-18-13-7-5-11-16(18)20(17-12-6-8-14-19(17)22)21(25-26-23)24-15-9-3-2-4-10-15/h2-14H,1H3. The lowest BCUT2D eigenvalue weighted by Crippen LogP contribution is -2.19. The third-order valence-corrected chi connectivity index (χ3v) is 4.59. The van der Waals surface area contributed by atoms with E-state index in [-0.39, 0.29) is 5.95 Å². The quantitative estimate of drug-likeness (QED) is 0.436. The molecule has 0 radical (unpaired) electrons. The molecule has 0 aromatic heterocycles. The largest absolute Gasteiger partial charge is 0.425 e. The van der Waals surface area contributed by atoms with Crippen LogP contribution in [-0.2, 0) is 9.09 Å². The van der Waals surface area contributed by atoms with Gasteiger partial charge in [-0.05, 0) is 24.3 Å². The van der Waals surface area contributed by atoms with Crippen LogP contribution in [0.25, 0.3) is 5.57 Å². The average Bonchev–Trinajstić information content (AvgIpc) is 2.69. The zero-order valence-corrected chi connectivity index (χ0v) is 15.0. The Kier molecular flexibility index (Phi) is 4.42. The molecule has 0 saturated carbocycles. The molecular weight excluding hydrogens is 345 g/mol. The minimum absolute atomic E-state index is 0.209. The van der Waals surface area contributed by atoms with Gasteiger partial charge >= 0.3 is 14.6 Å². The Morgan fingerprint density at radius 1 is 0.808 bits per heavy atom. The van der Waals surface area contributed by atoms with Gasteiger partial charge in [-0.3, -0.25) is 0 Å². The van der Waals surface area contributed by atoms with Gasteiger partial charge in [-0.25, -0.2) is 4.57 Å². The first-order valence-corrected chi connectivity index (χ1v) is 8.92. The predicted octanol–water partition coefficient (Wildman–Crippen LogP) is 5.79. The van der Waals surface area contributed by atoms with Crippen LogP contribution in [-0.4, -0.2) is 7.05 Å². The van der Waals surface area contributed by atoms with Crippen LogP contribution in [0.1, 0.15) is 11.1 Å². The van der Waals surface area contributed by atoms with Gasteiger partial charge in [-0.2, -0.15) is 0 Å². The normalized spacial score (nSPS) is 12.3. The van der Waals surface area contributed by atoms with E-state index in [2.05, 4.69) is 4.90 Å². The number of hydrogen-bond donors (Lipinski definition) is 0. The molecule has 1 aliphatic rings. The van der Waals surface area contributed by atoms with E-state index in [1.165, 1.54) is 0 Å². The summed E-state index contributed by atoms with van der Waals surface area (Å²) in [5, 5.41) is 0. The van der Waals surface area contributed by atoms with Gasteiger partial charge in [0.25, 0.3) is 0 Å². The van der Waals surface area contributed by atoms with Crippen LogP contribution < -0.4 is 9.64 Å². The second kappa shape index (κ2) is 7.03. The van der Waals surface area contributed by atoms with Gasteiger partial charge in [-0.1, -0.05) is 54.6 Å². The van der Waals surface area contributed by atoms with Crippen molar-refractivity contribution in [2.24, 2.45) is 0 Å². The van der Waals surface area contributed by atoms with Crippen molar-refractivity contribution in [1.29, 1.82) is 0 Å². The zero-order chi connectivity index (χ0) is 17.9. The first kappa shape index (κ1) is 16.4. The van der Waals surface area contributed by atoms with Crippen molar-refractivity contribution in [3.63, 3.8) is 0 Å². The molecule has 3 aromatic carbocycles. The number of benzene rings is 3. The van der Waals surface area contributed by atoms with E-state index in [4.69, 9.17) is 9.26 Å². The minimum Gasteiger partial charge on any atom is -0.425 e. The molecule has 128 valence electrons. The molecule has 0 amide bonds. The Labute approximate surface area is 153 Å². The average molecular weight is 361 g/mol. The maximum atomic E-state index is 11.3. The number of ether oxygens (including phenoxy) is 1. The highest BCUT2D eigenvalue weighted by Gasteiger charge is 2.28. The molecule has 0 N–H and O–H groups in total. The van der Waals surface area contributed by atoms with E-state index in [0.29, 0.717) is 5.75 Å². The maximum absolute atomic E-state index is 11.3. The predicted molar refractivity (Wildman–Crippen MR) is 103 cm³/mol. The fraction of sp³-hybridized carbons (Fsp3) is 0.0476. The smallest absolute Gasteiger partial charge is 0.398 e. The SMILES string of the molecule is CN1c2ccccc2C(=C(OP=O)Oc2ccccc2)c2ccccc21. The molecule has 4 nitrogen and oxygen atoms in total. The van der Waals surface area contributed by atoms with Crippen LogP contribution in [0.15, 0.2) is 84.8 Å². The second-order valence-corrected chi connectivity index (χ2v) is 6.17. The topological polar surface area (TPSA) is 38.8 Å². The summed E-state index contributed by atoms with van der Waals surface area (Å²) < 4.78 is 22.7. The first-order valence-electron chi connectivity index (χ1n) is 8.19. The monoisotopic (exact) mass is 361 g/mol. The summed E-state index contributed by atoms with van der Waals surface area (Å²) in [7, 11) is 1.56. The van der Waals surface area contributed by atoms with E-state index in [9.17, 15) is 4.57 Å². The molecule has 0 saturated heterocycles. The van der Waals surface area contributed by atoms with E-state index >= 15 is 0 Å². The van der Waals surface area contributed by atoms with Gasteiger partial charge < -0.3 is 14.2 Å². The van der Waals surface area contributed by atoms with Gasteiger partial charge in [0.15, 0.2) is 0 Å². The fourth-order valence-electron chi connectivity index (χ4n) is 3.19. The summed E-state index contributed by atoms with van der Waals surface area (Å²) in [6.07, 6.45) is 0. The number of rotatable bonds is 4. The highest BCUT2D eigenvalue weighted by molar-refractivity contribution is 7.17. The number of fused-ring (bicyclic) bond motifs is 2. The van der Waals surface area contributed by atoms with E-state index < -0.39 is 8.69 Å². The molecule has 4 rings (SSSR count). The number of anilines is 2. The second-order valence-electron chi connectivity index (χ2n) is 5.84. The highest BCUT2D eigenvalue weighted by atomic mass is 31.1. The van der Waals surface area contributed by atoms with Crippen molar-refractivity contribution in [1.82, 2.24) is 0 Å². The van der Waals surface area contributed by atoms with Gasteiger partial charge in [0.2, 0.25) is 0 Å². The molecule has 0 aliphatic carbocycles. The zero-order valence-electron chi connectivity index (χ0n) is 14.1. The number of para-hydroxylation sites is 3. The van der Waals surface area contributed by atoms with Crippen LogP contribution in [0.5, 0.6) is 5.75 Å². The van der Waals surface area contributed by atoms with Crippen molar-refractivity contribution in [3.8, 4) is 5.75 Å². The lowest BCUT2D eigenvalue weighted by Gasteiger charge is -2.31. The van der Waals surface area contributed by atoms with Crippen LogP contribution >= 0.6 is 8.69 Å². The van der Waals surface area contributed by atoms with E-state index in [1.54, 1.807) is 0 Å². The Morgan fingerprint density at radius 2 is 1.35 bits per heavy atom. The highest BCUT2D eigenvalue weighted by Crippen LogP contribution is 2.46. The van der Waals surface area contributed by atoms with Gasteiger partial charge in [0.1, 0.15) is 5.75 Å². The molecular formula is C21H16NO3P. The maximum Gasteiger partial charge on any atom is 0.398 e. The summed E-state index contributed by atoms with van der Waals surface area (Å²) >= 11 is 0. The van der Waals surface area contributed by atoms with Crippen LogP contribution in [0.4, 0.5) is 11.4 Å². The van der Waals surface area contributed by atoms with Crippen molar-refractivity contribution in [2.75, 3.05) is 11.9 Å². The minimum atomic E-state index is -0.469. The number of hydrogen-bond acceptors (Lipinski definition) is 4. The molecule has 1 aliphatic heterocycles. The molecule has 0 bridgehead atoms. The third kappa shape index (κ3) is 2.85. The lowest BCUT2D eigenvalue weighted by atomic mass is 9.91. The Balaban J connectivity index is 1.96. The molecule has 3 aromatic rings. The Hall–Kier alpha value is -3.10. The summed E-state index contributed by atoms with van der Waals surface area (Å²) in [6.45, 7) is 0. The molecule has 0 spiro atoms. The summed E-state index contributed by atoms with van der Waals surface area (Å²) in [5.74, 6) is 0.827. The van der Waals surface area contributed by atoms with Gasteiger partial charge in [-0.15, -0.1) is 0 Å². The van der Waals surface area contributed by atoms with Crippen molar-refractivity contribution in [2.45, 2.75) is 0 Å². The first-order chi connectivity index (χ1) is 12.8. The number of nitrogens with zero attached hydrogens (tertiary/aromatic N) is 1. The van der Waals surface area contributed by atoms with E-state index in [1.807, 2.05) is 85.9 Å². The van der Waals surface area contributed by atoms with Gasteiger partial charge in [0.05, 0.1) is 5.57 Å². The molecule has 1 heterocycles. The molecule has 26 heavy (non-hydrogen) atoms. The van der Waals surface area contributed by atoms with Crippen LogP contribution in [0.3, 0.4) is 0 Å².